The highest BCUT2D eigenvalue weighted by Crippen LogP contribution is 2.01. The monoisotopic (exact) mass is 246 g/mol. The van der Waals surface area contributed by atoms with Crippen LogP contribution in [0.15, 0.2) is 29.2 Å². The van der Waals surface area contributed by atoms with Gasteiger partial charge < -0.3 is 11.1 Å². The Bertz CT molecular complexity index is 509. The van der Waals surface area contributed by atoms with Crippen LogP contribution in [-0.2, 0) is 13.0 Å². The second-order valence-electron chi connectivity index (χ2n) is 3.76. The standard InChI is InChI=1S/C11H14N6O/c12-11(13)10-9(16-18-17-10)7-15-6-3-8-1-4-14-5-2-8/h1-2,4-5,15H,3,6-7H2,(H3,12,13). The average Bonchev–Trinajstić information content (AvgIpc) is 2.84. The van der Waals surface area contributed by atoms with Gasteiger partial charge >= 0.3 is 0 Å². The second kappa shape index (κ2) is 5.87. The molecule has 0 radical (unpaired) electrons. The van der Waals surface area contributed by atoms with Crippen molar-refractivity contribution in [1.29, 1.82) is 5.41 Å². The van der Waals surface area contributed by atoms with E-state index in [2.05, 4.69) is 25.2 Å². The number of amidine groups is 1. The Morgan fingerprint density at radius 1 is 1.33 bits per heavy atom. The predicted octanol–water partition coefficient (Wildman–Crippen LogP) is 0.0810. The molecular weight excluding hydrogens is 232 g/mol. The summed E-state index contributed by atoms with van der Waals surface area (Å²) in [6.45, 7) is 1.26. The van der Waals surface area contributed by atoms with Crippen molar-refractivity contribution in [3.8, 4) is 0 Å². The molecule has 0 aliphatic heterocycles. The first kappa shape index (κ1) is 12.2. The zero-order valence-electron chi connectivity index (χ0n) is 9.76. The molecule has 2 aromatic heterocycles. The lowest BCUT2D eigenvalue weighted by Crippen LogP contribution is -2.21. The van der Waals surface area contributed by atoms with E-state index in [0.717, 1.165) is 13.0 Å². The fraction of sp³-hybridized carbons (Fsp3) is 0.273. The Morgan fingerprint density at radius 2 is 2.11 bits per heavy atom. The summed E-state index contributed by atoms with van der Waals surface area (Å²) in [4.78, 5) is 3.96. The maximum atomic E-state index is 7.29. The van der Waals surface area contributed by atoms with Crippen molar-refractivity contribution in [2.24, 2.45) is 5.73 Å². The van der Waals surface area contributed by atoms with Gasteiger partial charge in [-0.15, -0.1) is 0 Å². The minimum absolute atomic E-state index is 0.137. The molecule has 4 N–H and O–H groups in total. The van der Waals surface area contributed by atoms with Gasteiger partial charge in [0, 0.05) is 18.9 Å². The Hall–Kier alpha value is -2.28. The molecule has 2 heterocycles. The van der Waals surface area contributed by atoms with Crippen LogP contribution in [0.25, 0.3) is 0 Å². The Kier molecular flexibility index (Phi) is 3.98. The lowest BCUT2D eigenvalue weighted by atomic mass is 10.2. The molecule has 94 valence electrons. The van der Waals surface area contributed by atoms with E-state index in [9.17, 15) is 0 Å². The number of pyridine rings is 1. The van der Waals surface area contributed by atoms with E-state index in [1.54, 1.807) is 12.4 Å². The van der Waals surface area contributed by atoms with E-state index < -0.39 is 0 Å². The highest BCUT2D eigenvalue weighted by molar-refractivity contribution is 5.93. The molecular formula is C11H14N6O. The van der Waals surface area contributed by atoms with E-state index in [1.807, 2.05) is 12.1 Å². The van der Waals surface area contributed by atoms with Crippen molar-refractivity contribution < 1.29 is 4.63 Å². The van der Waals surface area contributed by atoms with Gasteiger partial charge in [-0.05, 0) is 35.8 Å². The summed E-state index contributed by atoms with van der Waals surface area (Å²) < 4.78 is 4.55. The summed E-state index contributed by atoms with van der Waals surface area (Å²) in [6.07, 6.45) is 4.43. The minimum Gasteiger partial charge on any atom is -0.382 e. The molecule has 0 saturated heterocycles. The lowest BCUT2D eigenvalue weighted by Gasteiger charge is -2.03. The normalized spacial score (nSPS) is 10.4. The molecule has 2 aromatic rings. The van der Waals surface area contributed by atoms with Crippen LogP contribution >= 0.6 is 0 Å². The fourth-order valence-corrected chi connectivity index (χ4v) is 1.52. The van der Waals surface area contributed by atoms with Gasteiger partial charge in [0.15, 0.2) is 5.69 Å². The first-order chi connectivity index (χ1) is 8.77. The van der Waals surface area contributed by atoms with Crippen molar-refractivity contribution in [2.45, 2.75) is 13.0 Å². The maximum Gasteiger partial charge on any atom is 0.173 e. The number of rotatable bonds is 6. The van der Waals surface area contributed by atoms with E-state index >= 15 is 0 Å². The highest BCUT2D eigenvalue weighted by atomic mass is 16.6. The van der Waals surface area contributed by atoms with E-state index in [0.29, 0.717) is 17.9 Å². The number of nitrogen functional groups attached to an aromatic ring is 1. The van der Waals surface area contributed by atoms with Crippen LogP contribution in [-0.4, -0.2) is 27.7 Å². The molecule has 2 rings (SSSR count). The van der Waals surface area contributed by atoms with Crippen molar-refractivity contribution in [3.05, 3.63) is 41.5 Å². The van der Waals surface area contributed by atoms with Crippen molar-refractivity contribution >= 4 is 5.84 Å². The zero-order chi connectivity index (χ0) is 12.8. The van der Waals surface area contributed by atoms with Crippen molar-refractivity contribution in [1.82, 2.24) is 20.6 Å². The molecule has 7 nitrogen and oxygen atoms in total. The second-order valence-corrected chi connectivity index (χ2v) is 3.76. The SMILES string of the molecule is N=C(N)c1nonc1CNCCc1ccncc1. The van der Waals surface area contributed by atoms with Gasteiger partial charge in [0.05, 0.1) is 0 Å². The number of nitrogens with two attached hydrogens (primary N) is 1. The summed E-state index contributed by atoms with van der Waals surface area (Å²) in [5.74, 6) is -0.137. The molecule has 0 fully saturated rings. The summed E-state index contributed by atoms with van der Waals surface area (Å²) in [6, 6.07) is 3.95. The molecule has 0 bridgehead atoms. The van der Waals surface area contributed by atoms with E-state index in [1.165, 1.54) is 5.56 Å². The number of aromatic nitrogens is 3. The van der Waals surface area contributed by atoms with Crippen LogP contribution in [0.1, 0.15) is 17.0 Å². The molecule has 0 spiro atoms. The quantitative estimate of drug-likeness (QED) is 0.378. The largest absolute Gasteiger partial charge is 0.382 e. The molecule has 0 saturated carbocycles. The van der Waals surface area contributed by atoms with Gasteiger partial charge in [0.1, 0.15) is 11.5 Å². The molecule has 18 heavy (non-hydrogen) atoms. The Labute approximate surface area is 104 Å². The number of hydrogen-bond donors (Lipinski definition) is 3. The summed E-state index contributed by atoms with van der Waals surface area (Å²) >= 11 is 0. The van der Waals surface area contributed by atoms with Crippen molar-refractivity contribution in [3.63, 3.8) is 0 Å². The van der Waals surface area contributed by atoms with E-state index in [-0.39, 0.29) is 5.84 Å². The molecule has 0 aliphatic carbocycles. The first-order valence-electron chi connectivity index (χ1n) is 5.53. The smallest absolute Gasteiger partial charge is 0.173 e. The van der Waals surface area contributed by atoms with Crippen LogP contribution in [0.3, 0.4) is 0 Å². The summed E-state index contributed by atoms with van der Waals surface area (Å²) in [5.41, 5.74) is 7.40. The van der Waals surface area contributed by atoms with Gasteiger partial charge in [-0.1, -0.05) is 5.16 Å². The first-order valence-corrected chi connectivity index (χ1v) is 5.53. The van der Waals surface area contributed by atoms with Crippen LogP contribution in [0, 0.1) is 5.41 Å². The third-order valence-electron chi connectivity index (χ3n) is 2.44. The van der Waals surface area contributed by atoms with Gasteiger partial charge in [-0.2, -0.15) is 0 Å². The molecule has 7 heteroatoms. The van der Waals surface area contributed by atoms with E-state index in [4.69, 9.17) is 11.1 Å². The third kappa shape index (κ3) is 3.11. The topological polar surface area (TPSA) is 114 Å². The molecule has 0 amide bonds. The summed E-state index contributed by atoms with van der Waals surface area (Å²) in [5, 5.41) is 17.8. The summed E-state index contributed by atoms with van der Waals surface area (Å²) in [7, 11) is 0. The predicted molar refractivity (Wildman–Crippen MR) is 65.0 cm³/mol. The molecule has 0 atom stereocenters. The Balaban J connectivity index is 1.79. The maximum absolute atomic E-state index is 7.29. The fourth-order valence-electron chi connectivity index (χ4n) is 1.52. The van der Waals surface area contributed by atoms with Crippen LogP contribution < -0.4 is 11.1 Å². The average molecular weight is 246 g/mol. The molecule has 0 unspecified atom stereocenters. The van der Waals surface area contributed by atoms with Crippen LogP contribution in [0.5, 0.6) is 0 Å². The molecule has 0 aromatic carbocycles. The minimum atomic E-state index is -0.137. The van der Waals surface area contributed by atoms with Gasteiger partial charge in [-0.3, -0.25) is 10.4 Å². The third-order valence-corrected chi connectivity index (χ3v) is 2.44. The highest BCUT2D eigenvalue weighted by Gasteiger charge is 2.11. The number of hydrogen-bond acceptors (Lipinski definition) is 6. The lowest BCUT2D eigenvalue weighted by molar-refractivity contribution is 0.301. The van der Waals surface area contributed by atoms with Gasteiger partial charge in [0.25, 0.3) is 0 Å². The molecule has 0 aliphatic rings. The van der Waals surface area contributed by atoms with Crippen molar-refractivity contribution in [2.75, 3.05) is 6.54 Å². The number of nitrogens with one attached hydrogen (secondary N) is 2. The van der Waals surface area contributed by atoms with Gasteiger partial charge in [-0.25, -0.2) is 4.63 Å². The van der Waals surface area contributed by atoms with Crippen LogP contribution in [0.2, 0.25) is 0 Å². The van der Waals surface area contributed by atoms with Gasteiger partial charge in [0.2, 0.25) is 0 Å². The van der Waals surface area contributed by atoms with Crippen LogP contribution in [0.4, 0.5) is 0 Å². The number of nitrogens with zero attached hydrogens (tertiary/aromatic N) is 3. The zero-order valence-corrected chi connectivity index (χ0v) is 9.76. The Morgan fingerprint density at radius 3 is 2.83 bits per heavy atom.